The second-order valence-electron chi connectivity index (χ2n) is 5.83. The molecule has 1 aromatic carbocycles. The second-order valence-corrected chi connectivity index (χ2v) is 6.27. The van der Waals surface area contributed by atoms with Crippen molar-refractivity contribution >= 4 is 17.5 Å². The molecular weight excluding hydrogens is 300 g/mol. The molecule has 0 spiro atoms. The maximum atomic E-state index is 12.2. The van der Waals surface area contributed by atoms with Crippen LogP contribution in [0.25, 0.3) is 0 Å². The van der Waals surface area contributed by atoms with Crippen molar-refractivity contribution in [3.05, 3.63) is 28.8 Å². The van der Waals surface area contributed by atoms with Gasteiger partial charge in [-0.1, -0.05) is 18.5 Å². The third kappa shape index (κ3) is 4.89. The first-order chi connectivity index (χ1) is 10.6. The second kappa shape index (κ2) is 8.39. The summed E-state index contributed by atoms with van der Waals surface area (Å²) in [4.78, 5) is 14.1. The summed E-state index contributed by atoms with van der Waals surface area (Å²) in [6.07, 6.45) is 2.14. The third-order valence-electron chi connectivity index (χ3n) is 4.14. The molecule has 0 unspecified atom stereocenters. The molecule has 1 aliphatic rings. The van der Waals surface area contributed by atoms with Crippen LogP contribution in [-0.4, -0.2) is 43.6 Å². The van der Waals surface area contributed by atoms with Crippen LogP contribution in [0.2, 0.25) is 5.02 Å². The number of ether oxygens (including phenoxy) is 1. The van der Waals surface area contributed by atoms with E-state index in [-0.39, 0.29) is 12.5 Å². The van der Waals surface area contributed by atoms with E-state index < -0.39 is 0 Å². The van der Waals surface area contributed by atoms with Crippen LogP contribution in [0.5, 0.6) is 5.75 Å². The minimum Gasteiger partial charge on any atom is -0.483 e. The van der Waals surface area contributed by atoms with Crippen molar-refractivity contribution in [2.75, 3.05) is 32.8 Å². The average molecular weight is 325 g/mol. The number of amides is 1. The SMILES string of the molecule is CCNCC1CCN(C(=O)COc2ccc(Cl)cc2C)CC1. The molecule has 0 radical (unpaired) electrons. The van der Waals surface area contributed by atoms with Crippen molar-refractivity contribution in [1.82, 2.24) is 10.2 Å². The zero-order valence-electron chi connectivity index (χ0n) is 13.4. The lowest BCUT2D eigenvalue weighted by Crippen LogP contribution is -2.42. The number of hydrogen-bond donors (Lipinski definition) is 1. The first-order valence-electron chi connectivity index (χ1n) is 7.97. The quantitative estimate of drug-likeness (QED) is 0.875. The molecule has 1 heterocycles. The normalized spacial score (nSPS) is 15.9. The fourth-order valence-electron chi connectivity index (χ4n) is 2.74. The number of nitrogens with zero attached hydrogens (tertiary/aromatic N) is 1. The summed E-state index contributed by atoms with van der Waals surface area (Å²) in [6, 6.07) is 5.43. The Labute approximate surface area is 137 Å². The zero-order chi connectivity index (χ0) is 15.9. The van der Waals surface area contributed by atoms with E-state index >= 15 is 0 Å². The predicted molar refractivity (Wildman–Crippen MR) is 89.5 cm³/mol. The molecule has 1 fully saturated rings. The van der Waals surface area contributed by atoms with E-state index in [1.807, 2.05) is 24.0 Å². The lowest BCUT2D eigenvalue weighted by atomic mass is 9.97. The van der Waals surface area contributed by atoms with Crippen LogP contribution in [0, 0.1) is 12.8 Å². The smallest absolute Gasteiger partial charge is 0.260 e. The minimum atomic E-state index is 0.0660. The predicted octanol–water partition coefficient (Wildman–Crippen LogP) is 2.88. The van der Waals surface area contributed by atoms with Gasteiger partial charge in [-0.25, -0.2) is 0 Å². The molecule has 0 bridgehead atoms. The minimum absolute atomic E-state index is 0.0660. The van der Waals surface area contributed by atoms with Crippen LogP contribution in [0.4, 0.5) is 0 Å². The largest absolute Gasteiger partial charge is 0.483 e. The number of nitrogens with one attached hydrogen (secondary N) is 1. The molecule has 1 saturated heterocycles. The summed E-state index contributed by atoms with van der Waals surface area (Å²) < 4.78 is 5.64. The number of carbonyl (C=O) groups is 1. The van der Waals surface area contributed by atoms with E-state index in [1.165, 1.54) is 0 Å². The summed E-state index contributed by atoms with van der Waals surface area (Å²) in [5.74, 6) is 1.47. The first-order valence-corrected chi connectivity index (χ1v) is 8.35. The van der Waals surface area contributed by atoms with Crippen LogP contribution >= 0.6 is 11.6 Å². The van der Waals surface area contributed by atoms with Gasteiger partial charge in [0.25, 0.3) is 5.91 Å². The molecule has 0 aromatic heterocycles. The molecule has 0 atom stereocenters. The molecular formula is C17H25ClN2O2. The number of piperidine rings is 1. The molecule has 2 rings (SSSR count). The summed E-state index contributed by atoms with van der Waals surface area (Å²) in [5.41, 5.74) is 0.949. The Kier molecular flexibility index (Phi) is 6.52. The molecule has 122 valence electrons. The Balaban J connectivity index is 1.76. The van der Waals surface area contributed by atoms with Crippen LogP contribution in [0.1, 0.15) is 25.3 Å². The van der Waals surface area contributed by atoms with Crippen molar-refractivity contribution in [2.45, 2.75) is 26.7 Å². The molecule has 1 aliphatic heterocycles. The van der Waals surface area contributed by atoms with Crippen molar-refractivity contribution in [2.24, 2.45) is 5.92 Å². The summed E-state index contributed by atoms with van der Waals surface area (Å²) in [7, 11) is 0. The molecule has 1 N–H and O–H groups in total. The number of benzene rings is 1. The van der Waals surface area contributed by atoms with E-state index in [9.17, 15) is 4.79 Å². The van der Waals surface area contributed by atoms with Gasteiger partial charge in [0.05, 0.1) is 0 Å². The fourth-order valence-corrected chi connectivity index (χ4v) is 2.97. The Bertz CT molecular complexity index is 499. The molecule has 0 aliphatic carbocycles. The molecule has 1 aromatic rings. The fraction of sp³-hybridized carbons (Fsp3) is 0.588. The van der Waals surface area contributed by atoms with E-state index in [0.717, 1.165) is 50.3 Å². The number of carbonyl (C=O) groups excluding carboxylic acids is 1. The van der Waals surface area contributed by atoms with E-state index in [4.69, 9.17) is 16.3 Å². The molecule has 4 nitrogen and oxygen atoms in total. The first kappa shape index (κ1) is 17.1. The van der Waals surface area contributed by atoms with Crippen molar-refractivity contribution in [3.8, 4) is 5.75 Å². The van der Waals surface area contributed by atoms with Gasteiger partial charge in [0.2, 0.25) is 0 Å². The average Bonchev–Trinajstić information content (AvgIpc) is 2.52. The number of rotatable bonds is 6. The van der Waals surface area contributed by atoms with Crippen molar-refractivity contribution in [3.63, 3.8) is 0 Å². The molecule has 5 heteroatoms. The van der Waals surface area contributed by atoms with Gasteiger partial charge in [-0.05, 0) is 62.5 Å². The van der Waals surface area contributed by atoms with Gasteiger partial charge >= 0.3 is 0 Å². The van der Waals surface area contributed by atoms with Gasteiger partial charge in [0.1, 0.15) is 5.75 Å². The van der Waals surface area contributed by atoms with Crippen LogP contribution in [0.15, 0.2) is 18.2 Å². The van der Waals surface area contributed by atoms with Crippen molar-refractivity contribution in [1.29, 1.82) is 0 Å². The maximum Gasteiger partial charge on any atom is 0.260 e. The molecule has 22 heavy (non-hydrogen) atoms. The van der Waals surface area contributed by atoms with E-state index in [1.54, 1.807) is 6.07 Å². The summed E-state index contributed by atoms with van der Waals surface area (Å²) in [5, 5.41) is 4.06. The Morgan fingerprint density at radius 1 is 1.41 bits per heavy atom. The summed E-state index contributed by atoms with van der Waals surface area (Å²) in [6.45, 7) is 7.87. The Hall–Kier alpha value is -1.26. The lowest BCUT2D eigenvalue weighted by molar-refractivity contribution is -0.134. The van der Waals surface area contributed by atoms with Gasteiger partial charge in [-0.15, -0.1) is 0 Å². The molecule has 1 amide bonds. The van der Waals surface area contributed by atoms with Crippen LogP contribution in [0.3, 0.4) is 0 Å². The third-order valence-corrected chi connectivity index (χ3v) is 4.37. The van der Waals surface area contributed by atoms with Crippen LogP contribution in [-0.2, 0) is 4.79 Å². The van der Waals surface area contributed by atoms with Crippen LogP contribution < -0.4 is 10.1 Å². The molecule has 0 saturated carbocycles. The monoisotopic (exact) mass is 324 g/mol. The highest BCUT2D eigenvalue weighted by Crippen LogP contribution is 2.22. The highest BCUT2D eigenvalue weighted by molar-refractivity contribution is 6.30. The van der Waals surface area contributed by atoms with Gasteiger partial charge in [0.15, 0.2) is 6.61 Å². The zero-order valence-corrected chi connectivity index (χ0v) is 14.2. The van der Waals surface area contributed by atoms with E-state index in [2.05, 4.69) is 12.2 Å². The Morgan fingerprint density at radius 3 is 2.77 bits per heavy atom. The highest BCUT2D eigenvalue weighted by atomic mass is 35.5. The lowest BCUT2D eigenvalue weighted by Gasteiger charge is -2.32. The number of halogens is 1. The standard InChI is InChI=1S/C17H25ClN2O2/c1-3-19-11-14-6-8-20(9-7-14)17(21)12-22-16-5-4-15(18)10-13(16)2/h4-5,10,14,19H,3,6-9,11-12H2,1-2H3. The number of aryl methyl sites for hydroxylation is 1. The van der Waals surface area contributed by atoms with Gasteiger partial charge in [-0.3, -0.25) is 4.79 Å². The van der Waals surface area contributed by atoms with Gasteiger partial charge in [-0.2, -0.15) is 0 Å². The van der Waals surface area contributed by atoms with E-state index in [0.29, 0.717) is 10.9 Å². The maximum absolute atomic E-state index is 12.2. The number of likely N-dealkylation sites (tertiary alicyclic amines) is 1. The van der Waals surface area contributed by atoms with Gasteiger partial charge in [0, 0.05) is 18.1 Å². The van der Waals surface area contributed by atoms with Crippen molar-refractivity contribution < 1.29 is 9.53 Å². The summed E-state index contributed by atoms with van der Waals surface area (Å²) >= 11 is 5.92. The number of hydrogen-bond acceptors (Lipinski definition) is 3. The topological polar surface area (TPSA) is 41.6 Å². The Morgan fingerprint density at radius 2 is 2.14 bits per heavy atom. The van der Waals surface area contributed by atoms with Gasteiger partial charge < -0.3 is 15.0 Å². The highest BCUT2D eigenvalue weighted by Gasteiger charge is 2.22.